The maximum atomic E-state index is 13.2. The SMILES string of the molecule is CC(=O)N(CCCNCC(O)c1ccc(O)c2[nH]c(=O)ccc12)CCOC(=O)c1ccc(COc2cccc(C(NC(=O)O[C@H]3CN4CCC3CC4)c3ccccc3)c2)cc1. The minimum absolute atomic E-state index is 0.0258. The number of aromatic nitrogens is 1. The molecule has 3 aliphatic rings. The number of hydrogen-bond acceptors (Lipinski definition) is 11. The van der Waals surface area contributed by atoms with Crippen LogP contribution in [-0.2, 0) is 20.9 Å². The number of nitrogens with one attached hydrogen (secondary N) is 3. The second kappa shape index (κ2) is 20.4. The Bertz CT molecular complexity index is 2330. The summed E-state index contributed by atoms with van der Waals surface area (Å²) < 4.78 is 17.6. The van der Waals surface area contributed by atoms with Crippen molar-refractivity contribution >= 4 is 28.9 Å². The normalized spacial score (nSPS) is 17.9. The summed E-state index contributed by atoms with van der Waals surface area (Å²) in [5.74, 6) is 0.305. The van der Waals surface area contributed by atoms with Gasteiger partial charge in [0.2, 0.25) is 11.5 Å². The van der Waals surface area contributed by atoms with Gasteiger partial charge in [0.15, 0.2) is 0 Å². The number of benzene rings is 4. The monoisotopic (exact) mass is 831 g/mol. The standard InChI is InChI=1S/C47H53N5O9/c1-31(53)52(22-6-21-48-28-41(55)38-15-17-40(54)45-39(38)16-18-43(56)49-45)25-26-59-46(57)35-13-11-32(12-14-35)30-60-37-10-5-9-36(27-37)44(34-7-3-2-4-8-34)50-47(58)61-42-29-51-23-19-33(42)20-24-51/h2-5,7-18,27,33,41-42,44,48,54-55H,6,19-26,28-30H2,1H3,(H,49,56)(H,50,58)/t41?,42-,44?/m0/s1. The first-order valence-corrected chi connectivity index (χ1v) is 20.8. The number of aromatic amines is 1. The van der Waals surface area contributed by atoms with Gasteiger partial charge in [-0.1, -0.05) is 60.7 Å². The van der Waals surface area contributed by atoms with Gasteiger partial charge >= 0.3 is 12.1 Å². The van der Waals surface area contributed by atoms with Gasteiger partial charge in [0.1, 0.15) is 30.8 Å². The van der Waals surface area contributed by atoms with Crippen molar-refractivity contribution in [1.82, 2.24) is 25.4 Å². The van der Waals surface area contributed by atoms with Gasteiger partial charge in [0.05, 0.1) is 29.8 Å². The number of phenols is 1. The molecule has 5 aromatic rings. The number of aliphatic hydroxyl groups is 1. The van der Waals surface area contributed by atoms with Crippen LogP contribution in [0.4, 0.5) is 4.79 Å². The van der Waals surface area contributed by atoms with Gasteiger partial charge in [-0.05, 0) is 103 Å². The first kappa shape index (κ1) is 42.9. The van der Waals surface area contributed by atoms with Crippen molar-refractivity contribution in [2.24, 2.45) is 5.92 Å². The number of H-pyrrole nitrogens is 1. The number of piperidine rings is 3. The number of carbonyl (C=O) groups is 3. The number of nitrogens with zero attached hydrogens (tertiary/aromatic N) is 2. The van der Waals surface area contributed by atoms with Gasteiger partial charge in [-0.25, -0.2) is 9.59 Å². The molecule has 2 unspecified atom stereocenters. The molecule has 3 atom stereocenters. The first-order valence-electron chi connectivity index (χ1n) is 20.8. The maximum absolute atomic E-state index is 13.2. The number of ether oxygens (including phenoxy) is 3. The van der Waals surface area contributed by atoms with Crippen LogP contribution in [0, 0.1) is 5.92 Å². The Labute approximate surface area is 354 Å². The molecule has 0 spiro atoms. The Morgan fingerprint density at radius 3 is 2.43 bits per heavy atom. The third kappa shape index (κ3) is 11.3. The fourth-order valence-electron chi connectivity index (χ4n) is 8.08. The van der Waals surface area contributed by atoms with E-state index in [1.807, 2.05) is 54.6 Å². The molecule has 61 heavy (non-hydrogen) atoms. The second-order valence-electron chi connectivity index (χ2n) is 15.6. The molecule has 5 N–H and O–H groups in total. The summed E-state index contributed by atoms with van der Waals surface area (Å²) in [4.78, 5) is 56.7. The smallest absolute Gasteiger partial charge is 0.408 e. The Kier molecular flexibility index (Phi) is 14.3. The lowest BCUT2D eigenvalue weighted by atomic mass is 9.86. The molecule has 14 nitrogen and oxygen atoms in total. The third-order valence-electron chi connectivity index (χ3n) is 11.5. The highest BCUT2D eigenvalue weighted by atomic mass is 16.6. The molecule has 1 aromatic heterocycles. The molecule has 2 bridgehead atoms. The van der Waals surface area contributed by atoms with Crippen molar-refractivity contribution < 1.29 is 38.8 Å². The van der Waals surface area contributed by atoms with Crippen LogP contribution >= 0.6 is 0 Å². The van der Waals surface area contributed by atoms with Crippen LogP contribution in [-0.4, -0.2) is 101 Å². The van der Waals surface area contributed by atoms with Gasteiger partial charge < -0.3 is 44.9 Å². The van der Waals surface area contributed by atoms with Crippen LogP contribution in [0.3, 0.4) is 0 Å². The summed E-state index contributed by atoms with van der Waals surface area (Å²) >= 11 is 0. The lowest BCUT2D eigenvalue weighted by Gasteiger charge is -2.43. The zero-order chi connectivity index (χ0) is 42.7. The summed E-state index contributed by atoms with van der Waals surface area (Å²) in [6.07, 6.45) is 1.28. The van der Waals surface area contributed by atoms with Crippen LogP contribution in [0.15, 0.2) is 108 Å². The molecule has 320 valence electrons. The molecular formula is C47H53N5O9. The molecule has 0 radical (unpaired) electrons. The number of hydrogen-bond donors (Lipinski definition) is 5. The van der Waals surface area contributed by atoms with Crippen molar-refractivity contribution in [2.45, 2.75) is 51.0 Å². The van der Waals surface area contributed by atoms with Gasteiger partial charge in [-0.2, -0.15) is 0 Å². The highest BCUT2D eigenvalue weighted by Gasteiger charge is 2.37. The number of aliphatic hydroxyl groups excluding tert-OH is 1. The van der Waals surface area contributed by atoms with E-state index in [1.54, 1.807) is 41.3 Å². The van der Waals surface area contributed by atoms with Crippen LogP contribution in [0.5, 0.6) is 11.5 Å². The molecule has 4 aromatic carbocycles. The molecule has 3 aliphatic heterocycles. The summed E-state index contributed by atoms with van der Waals surface area (Å²) in [5, 5.41) is 27.7. The van der Waals surface area contributed by atoms with Crippen molar-refractivity contribution in [1.29, 1.82) is 0 Å². The Hall–Kier alpha value is -6.22. The van der Waals surface area contributed by atoms with Crippen LogP contribution in [0.1, 0.15) is 70.9 Å². The van der Waals surface area contributed by atoms with E-state index in [9.17, 15) is 29.4 Å². The minimum Gasteiger partial charge on any atom is -0.506 e. The zero-order valence-electron chi connectivity index (χ0n) is 34.3. The van der Waals surface area contributed by atoms with Crippen molar-refractivity contribution in [2.75, 3.05) is 52.4 Å². The lowest BCUT2D eigenvalue weighted by Crippen LogP contribution is -2.52. The van der Waals surface area contributed by atoms with E-state index < -0.39 is 24.2 Å². The van der Waals surface area contributed by atoms with Gasteiger partial charge in [-0.15, -0.1) is 0 Å². The first-order chi connectivity index (χ1) is 29.6. The molecule has 2 amide bonds. The second-order valence-corrected chi connectivity index (χ2v) is 15.6. The Morgan fingerprint density at radius 1 is 0.918 bits per heavy atom. The predicted octanol–water partition coefficient (Wildman–Crippen LogP) is 5.44. The molecular weight excluding hydrogens is 779 g/mol. The number of phenolic OH excluding ortho intramolecular Hbond substituents is 1. The molecule has 14 heteroatoms. The fourth-order valence-corrected chi connectivity index (χ4v) is 8.08. The topological polar surface area (TPSA) is 183 Å². The largest absolute Gasteiger partial charge is 0.506 e. The average Bonchev–Trinajstić information content (AvgIpc) is 3.28. The van der Waals surface area contributed by atoms with E-state index in [0.717, 1.165) is 49.2 Å². The lowest BCUT2D eigenvalue weighted by molar-refractivity contribution is -0.129. The number of esters is 1. The summed E-state index contributed by atoms with van der Waals surface area (Å²) in [6.45, 7) is 6.05. The van der Waals surface area contributed by atoms with Crippen molar-refractivity contribution in [3.8, 4) is 11.5 Å². The predicted molar refractivity (Wildman–Crippen MR) is 229 cm³/mol. The van der Waals surface area contributed by atoms with E-state index >= 15 is 0 Å². The van der Waals surface area contributed by atoms with E-state index in [-0.39, 0.29) is 55.1 Å². The number of alkyl carbamates (subject to hydrolysis) is 1. The molecule has 3 saturated heterocycles. The van der Waals surface area contributed by atoms with E-state index in [0.29, 0.717) is 47.7 Å². The van der Waals surface area contributed by atoms with E-state index in [1.165, 1.54) is 19.1 Å². The number of fused-ring (bicyclic) bond motifs is 4. The molecule has 0 saturated carbocycles. The maximum Gasteiger partial charge on any atom is 0.408 e. The zero-order valence-corrected chi connectivity index (χ0v) is 34.3. The summed E-state index contributed by atoms with van der Waals surface area (Å²) in [6, 6.07) is 29.9. The Balaban J connectivity index is 0.844. The van der Waals surface area contributed by atoms with Crippen LogP contribution < -0.4 is 20.9 Å². The number of pyridine rings is 1. The summed E-state index contributed by atoms with van der Waals surface area (Å²) in [5.41, 5.74) is 3.48. The van der Waals surface area contributed by atoms with Crippen LogP contribution in [0.25, 0.3) is 10.9 Å². The molecule has 8 rings (SSSR count). The van der Waals surface area contributed by atoms with Crippen molar-refractivity contribution in [3.05, 3.63) is 141 Å². The highest BCUT2D eigenvalue weighted by Crippen LogP contribution is 2.31. The average molecular weight is 832 g/mol. The minimum atomic E-state index is -0.892. The van der Waals surface area contributed by atoms with Gasteiger partial charge in [0.25, 0.3) is 0 Å². The number of rotatable bonds is 18. The molecule has 0 aliphatic carbocycles. The van der Waals surface area contributed by atoms with Crippen LogP contribution in [0.2, 0.25) is 0 Å². The number of aromatic hydroxyl groups is 1. The van der Waals surface area contributed by atoms with Gasteiger partial charge in [0, 0.05) is 38.0 Å². The highest BCUT2D eigenvalue weighted by molar-refractivity contribution is 5.89. The third-order valence-corrected chi connectivity index (χ3v) is 11.5. The number of amides is 2. The molecule has 3 fully saturated rings. The van der Waals surface area contributed by atoms with E-state index in [2.05, 4.69) is 20.5 Å². The Morgan fingerprint density at radius 2 is 1.69 bits per heavy atom. The van der Waals surface area contributed by atoms with E-state index in [4.69, 9.17) is 14.2 Å². The number of carbonyl (C=O) groups excluding carboxylic acids is 3. The molecule has 4 heterocycles. The van der Waals surface area contributed by atoms with Crippen molar-refractivity contribution in [3.63, 3.8) is 0 Å². The summed E-state index contributed by atoms with van der Waals surface area (Å²) in [7, 11) is 0. The quantitative estimate of drug-likeness (QED) is 0.0560. The fraction of sp³-hybridized carbons (Fsp3) is 0.362. The van der Waals surface area contributed by atoms with Gasteiger partial charge in [-0.3, -0.25) is 14.5 Å².